The summed E-state index contributed by atoms with van der Waals surface area (Å²) in [5, 5.41) is 9.67. The highest BCUT2D eigenvalue weighted by atomic mass is 32.1. The van der Waals surface area contributed by atoms with Crippen LogP contribution in [0.2, 0.25) is 0 Å². The second-order valence-electron chi connectivity index (χ2n) is 7.83. The molecule has 8 heteroatoms. The highest BCUT2D eigenvalue weighted by Gasteiger charge is 2.54. The number of hydrogen-bond donors (Lipinski definition) is 1. The number of aliphatic carboxylic acids is 1. The van der Waals surface area contributed by atoms with E-state index in [1.54, 1.807) is 13.1 Å². The molecule has 1 saturated carbocycles. The van der Waals surface area contributed by atoms with Crippen LogP contribution in [0, 0.1) is 11.3 Å². The molecule has 1 aromatic rings. The predicted octanol–water partition coefficient (Wildman–Crippen LogP) is 2.13. The molecule has 1 aromatic heterocycles. The fourth-order valence-corrected chi connectivity index (χ4v) is 3.89. The van der Waals surface area contributed by atoms with Crippen molar-refractivity contribution in [3.8, 4) is 0 Å². The van der Waals surface area contributed by atoms with Crippen LogP contribution in [0.5, 0.6) is 0 Å². The zero-order chi connectivity index (χ0) is 17.9. The molecule has 130 valence electrons. The lowest BCUT2D eigenvalue weighted by Crippen LogP contribution is -2.48. The van der Waals surface area contributed by atoms with Crippen LogP contribution < -0.4 is 4.78 Å². The van der Waals surface area contributed by atoms with Crippen LogP contribution in [0.15, 0.2) is 6.20 Å². The van der Waals surface area contributed by atoms with Crippen molar-refractivity contribution in [1.29, 1.82) is 0 Å². The van der Waals surface area contributed by atoms with Gasteiger partial charge in [0.25, 0.3) is 0 Å². The Bertz CT molecular complexity index is 684. The molecule has 0 amide bonds. The number of carboxylic acids is 1. The molecular weight excluding hydrogens is 329 g/mol. The number of carboxylic acid groups (broad SMARTS) is 1. The topological polar surface area (TPSA) is 85.7 Å². The summed E-state index contributed by atoms with van der Waals surface area (Å²) < 4.78 is 12.7. The third-order valence-electron chi connectivity index (χ3n) is 5.75. The quantitative estimate of drug-likeness (QED) is 0.661. The molecule has 3 rings (SSSR count). The summed E-state index contributed by atoms with van der Waals surface area (Å²) in [6, 6.07) is 0. The molecule has 0 bridgehead atoms. The van der Waals surface area contributed by atoms with Crippen LogP contribution in [-0.2, 0) is 14.1 Å². The molecule has 2 fully saturated rings. The van der Waals surface area contributed by atoms with Crippen molar-refractivity contribution in [3.05, 3.63) is 11.2 Å². The van der Waals surface area contributed by atoms with E-state index in [9.17, 15) is 14.7 Å². The van der Waals surface area contributed by atoms with E-state index in [1.807, 2.05) is 27.7 Å². The fourth-order valence-electron chi connectivity index (χ4n) is 3.02. The van der Waals surface area contributed by atoms with E-state index in [1.165, 1.54) is 11.3 Å². The van der Waals surface area contributed by atoms with Crippen LogP contribution >= 0.6 is 11.3 Å². The van der Waals surface area contributed by atoms with Gasteiger partial charge in [0, 0.05) is 12.1 Å². The van der Waals surface area contributed by atoms with E-state index in [2.05, 4.69) is 4.98 Å². The summed E-state index contributed by atoms with van der Waals surface area (Å²) in [6.07, 6.45) is 2.71. The van der Waals surface area contributed by atoms with Gasteiger partial charge in [0.1, 0.15) is 0 Å². The molecule has 2 heterocycles. The van der Waals surface area contributed by atoms with Gasteiger partial charge in [-0.2, -0.15) is 0 Å². The third-order valence-corrected chi connectivity index (χ3v) is 6.78. The minimum atomic E-state index is -0.979. The Balaban J connectivity index is 1.78. The van der Waals surface area contributed by atoms with E-state index >= 15 is 0 Å². The Hall–Kier alpha value is -1.25. The van der Waals surface area contributed by atoms with Gasteiger partial charge in [-0.05, 0) is 47.5 Å². The van der Waals surface area contributed by atoms with Crippen LogP contribution in [0.25, 0.3) is 0 Å². The first-order valence-corrected chi connectivity index (χ1v) is 8.88. The van der Waals surface area contributed by atoms with Crippen LogP contribution in [0.3, 0.4) is 0 Å². The van der Waals surface area contributed by atoms with E-state index in [0.717, 1.165) is 4.78 Å². The Morgan fingerprint density at radius 1 is 1.25 bits per heavy atom. The first-order chi connectivity index (χ1) is 11.0. The Kier molecular flexibility index (Phi) is 3.94. The molecule has 1 aliphatic carbocycles. The molecule has 24 heavy (non-hydrogen) atoms. The largest absolute Gasteiger partial charge is 0.507 e. The van der Waals surface area contributed by atoms with Gasteiger partial charge >= 0.3 is 13.1 Å². The summed E-state index contributed by atoms with van der Waals surface area (Å²) in [7, 11) is -0.554. The first-order valence-electron chi connectivity index (χ1n) is 8.07. The van der Waals surface area contributed by atoms with Crippen molar-refractivity contribution < 1.29 is 24.0 Å². The lowest BCUT2D eigenvalue weighted by molar-refractivity contribution is -0.156. The van der Waals surface area contributed by atoms with Crippen LogP contribution in [-0.4, -0.2) is 40.2 Å². The Labute approximate surface area is 145 Å². The monoisotopic (exact) mass is 351 g/mol. The Morgan fingerprint density at radius 3 is 2.29 bits per heavy atom. The first kappa shape index (κ1) is 17.6. The molecule has 1 saturated heterocycles. The Morgan fingerprint density at radius 2 is 1.83 bits per heavy atom. The molecule has 2 unspecified atom stereocenters. The number of nitrogens with zero attached hydrogens (tertiary/aromatic N) is 1. The SMILES string of the molecule is CC1(C(=O)O)CCC1C(=O)c1ncc(B2OC(C)(C)C(C)(C)O2)s1. The second-order valence-corrected chi connectivity index (χ2v) is 8.90. The smallest absolute Gasteiger partial charge is 0.481 e. The van der Waals surface area contributed by atoms with E-state index in [0.29, 0.717) is 17.8 Å². The zero-order valence-corrected chi connectivity index (χ0v) is 15.4. The average Bonchev–Trinajstić information content (AvgIpc) is 3.00. The summed E-state index contributed by atoms with van der Waals surface area (Å²) in [6.45, 7) is 9.49. The van der Waals surface area contributed by atoms with E-state index in [4.69, 9.17) is 9.31 Å². The number of hydrogen-bond acceptors (Lipinski definition) is 6. The molecule has 1 N–H and O–H groups in total. The lowest BCUT2D eigenvalue weighted by Gasteiger charge is -2.41. The van der Waals surface area contributed by atoms with Gasteiger partial charge in [-0.3, -0.25) is 9.59 Å². The van der Waals surface area contributed by atoms with Crippen molar-refractivity contribution in [2.24, 2.45) is 11.3 Å². The second kappa shape index (κ2) is 5.38. The van der Waals surface area contributed by atoms with Gasteiger partial charge in [-0.25, -0.2) is 4.98 Å². The third kappa shape index (κ3) is 2.51. The number of thiazole rings is 1. The fraction of sp³-hybridized carbons (Fsp3) is 0.688. The normalized spacial score (nSPS) is 30.9. The summed E-state index contributed by atoms with van der Waals surface area (Å²) >= 11 is 1.23. The molecular formula is C16H22BNO5S. The molecule has 1 aliphatic heterocycles. The maximum Gasteiger partial charge on any atom is 0.507 e. The van der Waals surface area contributed by atoms with Crippen molar-refractivity contribution in [2.45, 2.75) is 58.7 Å². The average molecular weight is 351 g/mol. The molecule has 0 aromatic carbocycles. The minimum Gasteiger partial charge on any atom is -0.481 e. The van der Waals surface area contributed by atoms with Gasteiger partial charge in [0.2, 0.25) is 0 Å². The van der Waals surface area contributed by atoms with Gasteiger partial charge in [0.15, 0.2) is 10.8 Å². The minimum absolute atomic E-state index is 0.195. The molecule has 0 spiro atoms. The molecule has 2 atom stereocenters. The van der Waals surface area contributed by atoms with E-state index < -0.39 is 35.6 Å². The number of rotatable bonds is 4. The van der Waals surface area contributed by atoms with E-state index in [-0.39, 0.29) is 5.78 Å². The summed E-state index contributed by atoms with van der Waals surface area (Å²) in [4.78, 5) is 28.2. The van der Waals surface area contributed by atoms with Crippen molar-refractivity contribution in [2.75, 3.05) is 0 Å². The summed E-state index contributed by atoms with van der Waals surface area (Å²) in [5.74, 6) is -1.62. The zero-order valence-electron chi connectivity index (χ0n) is 14.6. The predicted molar refractivity (Wildman–Crippen MR) is 90.6 cm³/mol. The molecule has 6 nitrogen and oxygen atoms in total. The summed E-state index contributed by atoms with van der Waals surface area (Å²) in [5.41, 5.74) is -1.89. The maximum atomic E-state index is 12.6. The van der Waals surface area contributed by atoms with Gasteiger partial charge in [-0.15, -0.1) is 11.3 Å². The number of carbonyl (C=O) groups is 2. The standard InChI is InChI=1S/C16H22BNO5S/c1-14(2)15(3,4)23-17(22-14)10-8-18-12(24-10)11(19)9-6-7-16(9,5)13(20)21/h8-9H,6-7H2,1-5H3,(H,20,21). The number of ketones is 1. The highest BCUT2D eigenvalue weighted by molar-refractivity contribution is 7.23. The van der Waals surface area contributed by atoms with Crippen LogP contribution in [0.1, 0.15) is 57.3 Å². The van der Waals surface area contributed by atoms with Gasteiger partial charge in [-0.1, -0.05) is 0 Å². The molecule has 0 radical (unpaired) electrons. The van der Waals surface area contributed by atoms with Crippen molar-refractivity contribution in [1.82, 2.24) is 4.98 Å². The number of Topliss-reactive ketones (excluding diaryl/α,β-unsaturated/α-hetero) is 1. The van der Waals surface area contributed by atoms with Crippen LogP contribution in [0.4, 0.5) is 0 Å². The van der Waals surface area contributed by atoms with Gasteiger partial charge < -0.3 is 14.4 Å². The molecule has 2 aliphatic rings. The van der Waals surface area contributed by atoms with Crippen molar-refractivity contribution in [3.63, 3.8) is 0 Å². The van der Waals surface area contributed by atoms with Gasteiger partial charge in [0.05, 0.1) is 21.4 Å². The highest BCUT2D eigenvalue weighted by Crippen LogP contribution is 2.48. The maximum absolute atomic E-state index is 12.6. The number of carbonyl (C=O) groups excluding carboxylic acids is 1. The lowest BCUT2D eigenvalue weighted by atomic mass is 9.59. The number of aromatic nitrogens is 1. The van der Waals surface area contributed by atoms with Crippen molar-refractivity contribution >= 4 is 35.0 Å².